The first-order valence-electron chi connectivity index (χ1n) is 7.00. The average Bonchev–Trinajstić information content (AvgIpc) is 3.07. The van der Waals surface area contributed by atoms with Crippen molar-refractivity contribution < 1.29 is 8.42 Å². The van der Waals surface area contributed by atoms with Crippen LogP contribution >= 0.6 is 0 Å². The Labute approximate surface area is 124 Å². The van der Waals surface area contributed by atoms with Crippen LogP contribution in [-0.2, 0) is 16.4 Å². The summed E-state index contributed by atoms with van der Waals surface area (Å²) in [4.78, 5) is 1.59. The van der Waals surface area contributed by atoms with Crippen molar-refractivity contribution in [2.45, 2.75) is 13.0 Å². The van der Waals surface area contributed by atoms with E-state index in [1.807, 2.05) is 30.3 Å². The molecule has 3 rings (SSSR count). The highest BCUT2D eigenvalue weighted by atomic mass is 32.2. The highest BCUT2D eigenvalue weighted by Gasteiger charge is 2.27. The smallest absolute Gasteiger partial charge is 0.150 e. The first kappa shape index (κ1) is 14.2. The number of hydrogen-bond donors (Lipinski definition) is 1. The molecule has 2 heterocycles. The lowest BCUT2D eigenvalue weighted by Gasteiger charge is -2.07. The van der Waals surface area contributed by atoms with Gasteiger partial charge in [-0.05, 0) is 31.0 Å². The normalized spacial score (nSPS) is 20.7. The molecule has 1 aliphatic heterocycles. The van der Waals surface area contributed by atoms with Gasteiger partial charge in [0.2, 0.25) is 0 Å². The van der Waals surface area contributed by atoms with Crippen LogP contribution in [0.15, 0.2) is 36.5 Å². The summed E-state index contributed by atoms with van der Waals surface area (Å²) in [6.45, 7) is 1.31. The van der Waals surface area contributed by atoms with Crippen molar-refractivity contribution in [2.75, 3.05) is 18.1 Å². The van der Waals surface area contributed by atoms with Gasteiger partial charge in [0.1, 0.15) is 0 Å². The molecule has 0 saturated carbocycles. The fourth-order valence-corrected chi connectivity index (χ4v) is 4.36. The van der Waals surface area contributed by atoms with E-state index in [1.54, 1.807) is 11.0 Å². The third-order valence-electron chi connectivity index (χ3n) is 3.59. The Balaban J connectivity index is 1.52. The van der Waals surface area contributed by atoms with Crippen LogP contribution in [0.1, 0.15) is 12.1 Å². The second-order valence-electron chi connectivity index (χ2n) is 5.36. The minimum absolute atomic E-state index is 0.221. The van der Waals surface area contributed by atoms with Crippen molar-refractivity contribution in [1.29, 1.82) is 0 Å². The Morgan fingerprint density at radius 2 is 2.10 bits per heavy atom. The summed E-state index contributed by atoms with van der Waals surface area (Å²) in [6, 6.07) is 9.72. The van der Waals surface area contributed by atoms with Gasteiger partial charge in [0.05, 0.1) is 29.1 Å². The summed E-state index contributed by atoms with van der Waals surface area (Å²) in [5, 5.41) is 11.9. The summed E-state index contributed by atoms with van der Waals surface area (Å²) >= 11 is 0. The molecule has 1 aromatic heterocycles. The molecule has 112 valence electrons. The second kappa shape index (κ2) is 5.95. The van der Waals surface area contributed by atoms with Gasteiger partial charge in [-0.1, -0.05) is 18.2 Å². The van der Waals surface area contributed by atoms with Crippen molar-refractivity contribution in [3.05, 3.63) is 42.2 Å². The number of rotatable bonds is 5. The fourth-order valence-electron chi connectivity index (χ4n) is 2.50. The van der Waals surface area contributed by atoms with E-state index in [9.17, 15) is 8.42 Å². The van der Waals surface area contributed by atoms with Crippen LogP contribution in [0.2, 0.25) is 0 Å². The van der Waals surface area contributed by atoms with Crippen LogP contribution in [0.3, 0.4) is 0 Å². The lowest BCUT2D eigenvalue weighted by atomic mass is 10.1. The standard InChI is InChI=1S/C14H18N4O2S/c19-21(20)7-6-12(11-21)8-15-9-13-10-16-18(17-13)14-4-2-1-3-5-14/h1-5,10,12,15H,6-9,11H2. The fraction of sp³-hybridized carbons (Fsp3) is 0.429. The molecule has 0 bridgehead atoms. The van der Waals surface area contributed by atoms with Crippen LogP contribution < -0.4 is 5.32 Å². The SMILES string of the molecule is O=S1(=O)CCC(CNCc2cnn(-c3ccccc3)n2)C1. The molecule has 0 amide bonds. The maximum absolute atomic E-state index is 11.4. The number of nitrogens with one attached hydrogen (secondary N) is 1. The van der Waals surface area contributed by atoms with Gasteiger partial charge in [-0.3, -0.25) is 0 Å². The lowest BCUT2D eigenvalue weighted by Crippen LogP contribution is -2.23. The number of nitrogens with zero attached hydrogens (tertiary/aromatic N) is 3. The Morgan fingerprint density at radius 1 is 1.29 bits per heavy atom. The van der Waals surface area contributed by atoms with E-state index >= 15 is 0 Å². The molecule has 2 aromatic rings. The van der Waals surface area contributed by atoms with Crippen LogP contribution in [-0.4, -0.2) is 41.5 Å². The maximum Gasteiger partial charge on any atom is 0.150 e. The average molecular weight is 306 g/mol. The van der Waals surface area contributed by atoms with Gasteiger partial charge in [0, 0.05) is 6.54 Å². The Hall–Kier alpha value is -1.73. The van der Waals surface area contributed by atoms with E-state index in [0.717, 1.165) is 17.8 Å². The molecule has 1 saturated heterocycles. The van der Waals surface area contributed by atoms with Crippen LogP contribution in [0.25, 0.3) is 5.69 Å². The molecule has 1 unspecified atom stereocenters. The number of benzene rings is 1. The number of para-hydroxylation sites is 1. The summed E-state index contributed by atoms with van der Waals surface area (Å²) in [6.07, 6.45) is 2.48. The van der Waals surface area contributed by atoms with E-state index in [2.05, 4.69) is 15.5 Å². The van der Waals surface area contributed by atoms with Gasteiger partial charge in [0.15, 0.2) is 9.84 Å². The largest absolute Gasteiger partial charge is 0.311 e. The van der Waals surface area contributed by atoms with Crippen LogP contribution in [0.4, 0.5) is 0 Å². The molecule has 0 radical (unpaired) electrons. The molecule has 6 nitrogen and oxygen atoms in total. The van der Waals surface area contributed by atoms with Crippen molar-refractivity contribution in [1.82, 2.24) is 20.3 Å². The van der Waals surface area contributed by atoms with Crippen molar-refractivity contribution in [3.8, 4) is 5.69 Å². The molecule has 1 aliphatic rings. The third kappa shape index (κ3) is 3.68. The molecular weight excluding hydrogens is 288 g/mol. The van der Waals surface area contributed by atoms with Crippen molar-refractivity contribution in [2.24, 2.45) is 5.92 Å². The predicted octanol–water partition coefficient (Wildman–Crippen LogP) is 0.792. The third-order valence-corrected chi connectivity index (χ3v) is 5.43. The zero-order valence-corrected chi connectivity index (χ0v) is 12.5. The topological polar surface area (TPSA) is 76.9 Å². The zero-order chi connectivity index (χ0) is 14.7. The van der Waals surface area contributed by atoms with E-state index in [0.29, 0.717) is 24.6 Å². The van der Waals surface area contributed by atoms with Gasteiger partial charge >= 0.3 is 0 Å². The minimum Gasteiger partial charge on any atom is -0.311 e. The molecule has 0 aliphatic carbocycles. The van der Waals surface area contributed by atoms with E-state index in [-0.39, 0.29) is 5.92 Å². The Bertz CT molecular complexity index is 697. The maximum atomic E-state index is 11.4. The molecule has 21 heavy (non-hydrogen) atoms. The molecule has 1 aromatic carbocycles. The lowest BCUT2D eigenvalue weighted by molar-refractivity contribution is 0.516. The van der Waals surface area contributed by atoms with Gasteiger partial charge in [-0.15, -0.1) is 0 Å². The second-order valence-corrected chi connectivity index (χ2v) is 7.59. The van der Waals surface area contributed by atoms with E-state index in [4.69, 9.17) is 0 Å². The Kier molecular flexibility index (Phi) is 4.03. The van der Waals surface area contributed by atoms with Crippen LogP contribution in [0.5, 0.6) is 0 Å². The van der Waals surface area contributed by atoms with Gasteiger partial charge in [0.25, 0.3) is 0 Å². The molecule has 1 fully saturated rings. The zero-order valence-electron chi connectivity index (χ0n) is 11.6. The molecule has 7 heteroatoms. The number of hydrogen-bond acceptors (Lipinski definition) is 5. The van der Waals surface area contributed by atoms with Crippen molar-refractivity contribution in [3.63, 3.8) is 0 Å². The molecule has 0 spiro atoms. The Morgan fingerprint density at radius 3 is 2.81 bits per heavy atom. The molecular formula is C14H18N4O2S. The van der Waals surface area contributed by atoms with Crippen LogP contribution in [0, 0.1) is 5.92 Å². The van der Waals surface area contributed by atoms with E-state index in [1.165, 1.54) is 0 Å². The monoisotopic (exact) mass is 306 g/mol. The van der Waals surface area contributed by atoms with Gasteiger partial charge in [-0.25, -0.2) is 8.42 Å². The van der Waals surface area contributed by atoms with E-state index < -0.39 is 9.84 Å². The summed E-state index contributed by atoms with van der Waals surface area (Å²) in [7, 11) is -2.79. The van der Waals surface area contributed by atoms with Gasteiger partial charge in [-0.2, -0.15) is 15.0 Å². The van der Waals surface area contributed by atoms with Gasteiger partial charge < -0.3 is 5.32 Å². The predicted molar refractivity (Wildman–Crippen MR) is 79.8 cm³/mol. The summed E-state index contributed by atoms with van der Waals surface area (Å²) in [5.41, 5.74) is 1.77. The quantitative estimate of drug-likeness (QED) is 0.884. The highest BCUT2D eigenvalue weighted by molar-refractivity contribution is 7.91. The highest BCUT2D eigenvalue weighted by Crippen LogP contribution is 2.17. The summed E-state index contributed by atoms with van der Waals surface area (Å²) < 4.78 is 22.8. The molecule has 1 atom stereocenters. The number of sulfone groups is 1. The molecule has 1 N–H and O–H groups in total. The number of aromatic nitrogens is 3. The first-order valence-corrected chi connectivity index (χ1v) is 8.82. The van der Waals surface area contributed by atoms with Crippen molar-refractivity contribution >= 4 is 9.84 Å². The first-order chi connectivity index (χ1) is 10.1. The summed E-state index contributed by atoms with van der Waals surface area (Å²) in [5.74, 6) is 0.847. The minimum atomic E-state index is -2.79.